The van der Waals surface area contributed by atoms with Gasteiger partial charge >= 0.3 is 5.97 Å². The molecule has 2 aromatic carbocycles. The van der Waals surface area contributed by atoms with Crippen molar-refractivity contribution in [2.75, 3.05) is 19.7 Å². The van der Waals surface area contributed by atoms with Gasteiger partial charge < -0.3 is 15.0 Å². The number of rotatable bonds is 7. The predicted octanol–water partition coefficient (Wildman–Crippen LogP) is 3.48. The first-order valence-corrected chi connectivity index (χ1v) is 10.9. The number of ether oxygens (including phenoxy) is 1. The van der Waals surface area contributed by atoms with Crippen molar-refractivity contribution in [1.82, 2.24) is 10.2 Å². The van der Waals surface area contributed by atoms with Crippen LogP contribution in [0, 0.1) is 5.92 Å². The summed E-state index contributed by atoms with van der Waals surface area (Å²) in [6.07, 6.45) is 1.51. The molecule has 1 saturated heterocycles. The molecule has 0 radical (unpaired) electrons. The fourth-order valence-corrected chi connectivity index (χ4v) is 3.83. The van der Waals surface area contributed by atoms with E-state index < -0.39 is 6.04 Å². The standard InChI is InChI=1S/C24H27ClN2O4/c1-2-31-24(30)19-12-14-27(15-13-19)23(29)21(16-17-6-4-3-5-7-17)26-22(28)18-8-10-20(25)11-9-18/h3-11,19,21H,2,12-16H2,1H3,(H,26,28). The van der Waals surface area contributed by atoms with Gasteiger partial charge in [0.25, 0.3) is 5.91 Å². The third-order valence-corrected chi connectivity index (χ3v) is 5.67. The van der Waals surface area contributed by atoms with Crippen LogP contribution in [0.25, 0.3) is 0 Å². The summed E-state index contributed by atoms with van der Waals surface area (Å²) in [5, 5.41) is 3.43. The van der Waals surface area contributed by atoms with E-state index in [1.54, 1.807) is 36.1 Å². The van der Waals surface area contributed by atoms with E-state index in [0.717, 1.165) is 5.56 Å². The van der Waals surface area contributed by atoms with Gasteiger partial charge in [0.15, 0.2) is 0 Å². The van der Waals surface area contributed by atoms with Gasteiger partial charge in [0.05, 0.1) is 12.5 Å². The number of amides is 2. The first kappa shape index (κ1) is 22.8. The lowest BCUT2D eigenvalue weighted by molar-refractivity contribution is -0.151. The molecule has 6 nitrogen and oxygen atoms in total. The molecular formula is C24H27ClN2O4. The van der Waals surface area contributed by atoms with Crippen molar-refractivity contribution in [3.63, 3.8) is 0 Å². The average molecular weight is 443 g/mol. The summed E-state index contributed by atoms with van der Waals surface area (Å²) in [4.78, 5) is 39.8. The zero-order valence-electron chi connectivity index (χ0n) is 17.6. The third kappa shape index (κ3) is 6.31. The molecule has 1 atom stereocenters. The molecule has 1 aliphatic heterocycles. The topological polar surface area (TPSA) is 75.7 Å². The number of carbonyl (C=O) groups is 3. The Hall–Kier alpha value is -2.86. The lowest BCUT2D eigenvalue weighted by Gasteiger charge is -2.33. The van der Waals surface area contributed by atoms with Crippen LogP contribution >= 0.6 is 11.6 Å². The van der Waals surface area contributed by atoms with Gasteiger partial charge in [-0.15, -0.1) is 0 Å². The Bertz CT molecular complexity index is 894. The third-order valence-electron chi connectivity index (χ3n) is 5.42. The van der Waals surface area contributed by atoms with Crippen molar-refractivity contribution in [3.05, 3.63) is 70.7 Å². The Balaban J connectivity index is 1.70. The van der Waals surface area contributed by atoms with Crippen molar-refractivity contribution in [2.24, 2.45) is 5.92 Å². The summed E-state index contributed by atoms with van der Waals surface area (Å²) >= 11 is 5.91. The summed E-state index contributed by atoms with van der Waals surface area (Å²) in [5.41, 5.74) is 1.40. The summed E-state index contributed by atoms with van der Waals surface area (Å²) in [6, 6.07) is 15.4. The molecular weight excluding hydrogens is 416 g/mol. The molecule has 2 amide bonds. The van der Waals surface area contributed by atoms with Gasteiger partial charge in [-0.3, -0.25) is 14.4 Å². The molecule has 1 unspecified atom stereocenters. The lowest BCUT2D eigenvalue weighted by Crippen LogP contribution is -2.52. The van der Waals surface area contributed by atoms with E-state index in [1.165, 1.54) is 0 Å². The first-order valence-electron chi connectivity index (χ1n) is 10.5. The van der Waals surface area contributed by atoms with Crippen LogP contribution in [0.2, 0.25) is 5.02 Å². The molecule has 3 rings (SSSR count). The number of likely N-dealkylation sites (tertiary alicyclic amines) is 1. The molecule has 1 heterocycles. The van der Waals surface area contributed by atoms with E-state index in [4.69, 9.17) is 16.3 Å². The van der Waals surface area contributed by atoms with Crippen LogP contribution in [-0.4, -0.2) is 48.4 Å². The Morgan fingerprint density at radius 1 is 1.06 bits per heavy atom. The number of nitrogens with zero attached hydrogens (tertiary/aromatic N) is 1. The second-order valence-corrected chi connectivity index (χ2v) is 8.01. The Kier molecular flexibility index (Phi) is 8.06. The highest BCUT2D eigenvalue weighted by atomic mass is 35.5. The maximum atomic E-state index is 13.3. The van der Waals surface area contributed by atoms with E-state index in [1.807, 2.05) is 30.3 Å². The fraction of sp³-hybridized carbons (Fsp3) is 0.375. The average Bonchev–Trinajstić information content (AvgIpc) is 2.79. The van der Waals surface area contributed by atoms with Crippen LogP contribution in [-0.2, 0) is 20.7 Å². The van der Waals surface area contributed by atoms with E-state index >= 15 is 0 Å². The van der Waals surface area contributed by atoms with Gasteiger partial charge in [-0.25, -0.2) is 0 Å². The molecule has 0 bridgehead atoms. The van der Waals surface area contributed by atoms with E-state index in [0.29, 0.717) is 49.5 Å². The number of hydrogen-bond donors (Lipinski definition) is 1. The number of esters is 1. The summed E-state index contributed by atoms with van der Waals surface area (Å²) < 4.78 is 5.10. The highest BCUT2D eigenvalue weighted by Gasteiger charge is 2.32. The zero-order chi connectivity index (χ0) is 22.2. The second-order valence-electron chi connectivity index (χ2n) is 7.57. The van der Waals surface area contributed by atoms with Gasteiger partial charge in [0.1, 0.15) is 6.04 Å². The number of carbonyl (C=O) groups excluding carboxylic acids is 3. The summed E-state index contributed by atoms with van der Waals surface area (Å²) in [7, 11) is 0. The van der Waals surface area contributed by atoms with Crippen molar-refractivity contribution in [3.8, 4) is 0 Å². The molecule has 1 fully saturated rings. The van der Waals surface area contributed by atoms with Crippen LogP contribution in [0.1, 0.15) is 35.7 Å². The molecule has 164 valence electrons. The molecule has 0 aliphatic carbocycles. The Labute approximate surface area is 187 Å². The maximum Gasteiger partial charge on any atom is 0.309 e. The van der Waals surface area contributed by atoms with E-state index in [2.05, 4.69) is 5.32 Å². The molecule has 1 aliphatic rings. The summed E-state index contributed by atoms with van der Waals surface area (Å²) in [5.74, 6) is -0.854. The van der Waals surface area contributed by atoms with Crippen LogP contribution in [0.15, 0.2) is 54.6 Å². The highest BCUT2D eigenvalue weighted by molar-refractivity contribution is 6.30. The van der Waals surface area contributed by atoms with Crippen LogP contribution in [0.5, 0.6) is 0 Å². The molecule has 2 aromatic rings. The van der Waals surface area contributed by atoms with Crippen LogP contribution in [0.3, 0.4) is 0 Å². The molecule has 0 aromatic heterocycles. The monoisotopic (exact) mass is 442 g/mol. The predicted molar refractivity (Wildman–Crippen MR) is 119 cm³/mol. The molecule has 31 heavy (non-hydrogen) atoms. The van der Waals surface area contributed by atoms with Crippen molar-refractivity contribution < 1.29 is 19.1 Å². The van der Waals surface area contributed by atoms with Crippen molar-refractivity contribution in [2.45, 2.75) is 32.2 Å². The highest BCUT2D eigenvalue weighted by Crippen LogP contribution is 2.20. The Morgan fingerprint density at radius 2 is 1.71 bits per heavy atom. The van der Waals surface area contributed by atoms with Crippen LogP contribution < -0.4 is 5.32 Å². The second kappa shape index (κ2) is 11.0. The van der Waals surface area contributed by atoms with Crippen LogP contribution in [0.4, 0.5) is 0 Å². The number of halogens is 1. The molecule has 1 N–H and O–H groups in total. The van der Waals surface area contributed by atoms with E-state index in [-0.39, 0.29) is 23.7 Å². The van der Waals surface area contributed by atoms with Crippen molar-refractivity contribution in [1.29, 1.82) is 0 Å². The Morgan fingerprint density at radius 3 is 2.32 bits per heavy atom. The SMILES string of the molecule is CCOC(=O)C1CCN(C(=O)C(Cc2ccccc2)NC(=O)c2ccc(Cl)cc2)CC1. The fourth-order valence-electron chi connectivity index (χ4n) is 3.71. The molecule has 0 spiro atoms. The minimum absolute atomic E-state index is 0.145. The normalized spacial score (nSPS) is 15.2. The minimum atomic E-state index is -0.704. The number of hydrogen-bond acceptors (Lipinski definition) is 4. The summed E-state index contributed by atoms with van der Waals surface area (Å²) in [6.45, 7) is 3.07. The number of benzene rings is 2. The quantitative estimate of drug-likeness (QED) is 0.666. The lowest BCUT2D eigenvalue weighted by atomic mass is 9.95. The maximum absolute atomic E-state index is 13.3. The van der Waals surface area contributed by atoms with Gasteiger partial charge in [-0.1, -0.05) is 41.9 Å². The van der Waals surface area contributed by atoms with Crippen molar-refractivity contribution >= 4 is 29.4 Å². The van der Waals surface area contributed by atoms with Gasteiger partial charge in [0, 0.05) is 30.1 Å². The van der Waals surface area contributed by atoms with Gasteiger partial charge in [-0.05, 0) is 49.6 Å². The number of nitrogens with one attached hydrogen (secondary N) is 1. The minimum Gasteiger partial charge on any atom is -0.466 e. The zero-order valence-corrected chi connectivity index (χ0v) is 18.3. The molecule has 0 saturated carbocycles. The molecule has 7 heteroatoms. The van der Waals surface area contributed by atoms with Gasteiger partial charge in [-0.2, -0.15) is 0 Å². The largest absolute Gasteiger partial charge is 0.466 e. The number of piperidine rings is 1. The smallest absolute Gasteiger partial charge is 0.309 e. The van der Waals surface area contributed by atoms with Gasteiger partial charge in [0.2, 0.25) is 5.91 Å². The first-order chi connectivity index (χ1) is 15.0. The van der Waals surface area contributed by atoms with E-state index in [9.17, 15) is 14.4 Å².